The Hall–Kier alpha value is -1.10. The minimum absolute atomic E-state index is 0.116. The summed E-state index contributed by atoms with van der Waals surface area (Å²) in [5.74, 6) is 2.50. The first-order chi connectivity index (χ1) is 11.1. The molecule has 5 nitrogen and oxygen atoms in total. The van der Waals surface area contributed by atoms with Crippen molar-refractivity contribution in [3.05, 3.63) is 0 Å². The summed E-state index contributed by atoms with van der Waals surface area (Å²) in [6.45, 7) is 5.21. The zero-order valence-electron chi connectivity index (χ0n) is 14.1. The lowest BCUT2D eigenvalue weighted by molar-refractivity contribution is -0.166. The molecule has 2 saturated carbocycles. The maximum Gasteiger partial charge on any atom is 0.226 e. The second-order valence-corrected chi connectivity index (χ2v) is 8.20. The Morgan fingerprint density at radius 1 is 1.26 bits per heavy atom. The van der Waals surface area contributed by atoms with Crippen LogP contribution < -0.4 is 5.32 Å². The second kappa shape index (κ2) is 5.76. The van der Waals surface area contributed by atoms with Crippen LogP contribution in [0.5, 0.6) is 0 Å². The molecule has 0 unspecified atom stereocenters. The van der Waals surface area contributed by atoms with E-state index in [0.717, 1.165) is 45.5 Å². The molecule has 2 heterocycles. The van der Waals surface area contributed by atoms with Gasteiger partial charge in [0.1, 0.15) is 5.60 Å². The first-order valence-corrected chi connectivity index (χ1v) is 9.27. The van der Waals surface area contributed by atoms with E-state index in [-0.39, 0.29) is 17.4 Å². The number of ether oxygens (including phenoxy) is 1. The summed E-state index contributed by atoms with van der Waals surface area (Å²) in [7, 11) is 0. The maximum atomic E-state index is 12.3. The molecule has 2 saturated heterocycles. The van der Waals surface area contributed by atoms with Crippen molar-refractivity contribution in [2.75, 3.05) is 26.2 Å². The van der Waals surface area contributed by atoms with E-state index in [1.165, 1.54) is 12.8 Å². The standard InChI is InChI=1S/C18H28N2O3/c1-12-8-15(12)17(22)20-10-18(11-20)14(5-7-23-18)4-6-19-16(21)9-13-2-3-13/h12-15H,2-11H2,1H3,(H,19,21)/t12-,14+,15-/m1/s1. The molecule has 2 amide bonds. The van der Waals surface area contributed by atoms with Gasteiger partial charge in [0.25, 0.3) is 0 Å². The van der Waals surface area contributed by atoms with Crippen LogP contribution >= 0.6 is 0 Å². The largest absolute Gasteiger partial charge is 0.371 e. The van der Waals surface area contributed by atoms with Gasteiger partial charge in [0, 0.05) is 25.5 Å². The lowest BCUT2D eigenvalue weighted by Gasteiger charge is -2.50. The Balaban J connectivity index is 1.21. The van der Waals surface area contributed by atoms with Gasteiger partial charge in [-0.2, -0.15) is 0 Å². The van der Waals surface area contributed by atoms with Crippen molar-refractivity contribution in [2.45, 2.75) is 51.0 Å². The van der Waals surface area contributed by atoms with Gasteiger partial charge in [-0.05, 0) is 49.9 Å². The molecular weight excluding hydrogens is 292 g/mol. The summed E-state index contributed by atoms with van der Waals surface area (Å²) < 4.78 is 6.02. The molecule has 1 N–H and O–H groups in total. The number of rotatable bonds is 6. The van der Waals surface area contributed by atoms with Crippen LogP contribution in [0.3, 0.4) is 0 Å². The molecule has 23 heavy (non-hydrogen) atoms. The molecule has 0 aromatic heterocycles. The molecule has 0 aromatic carbocycles. The lowest BCUT2D eigenvalue weighted by Crippen LogP contribution is -2.66. The Bertz CT molecular complexity index is 496. The number of hydrogen-bond donors (Lipinski definition) is 1. The van der Waals surface area contributed by atoms with E-state index < -0.39 is 0 Å². The van der Waals surface area contributed by atoms with Crippen LogP contribution in [-0.4, -0.2) is 48.6 Å². The van der Waals surface area contributed by atoms with Gasteiger partial charge in [-0.15, -0.1) is 0 Å². The van der Waals surface area contributed by atoms with Crippen molar-refractivity contribution in [1.29, 1.82) is 0 Å². The lowest BCUT2D eigenvalue weighted by atomic mass is 9.78. The van der Waals surface area contributed by atoms with Gasteiger partial charge < -0.3 is 15.0 Å². The van der Waals surface area contributed by atoms with Crippen molar-refractivity contribution in [2.24, 2.45) is 23.7 Å². The molecule has 1 spiro atoms. The average molecular weight is 320 g/mol. The highest BCUT2D eigenvalue weighted by molar-refractivity contribution is 5.82. The molecule has 0 aromatic rings. The fraction of sp³-hybridized carbons (Fsp3) is 0.889. The topological polar surface area (TPSA) is 58.6 Å². The van der Waals surface area contributed by atoms with Crippen molar-refractivity contribution in [1.82, 2.24) is 10.2 Å². The Morgan fingerprint density at radius 3 is 2.65 bits per heavy atom. The van der Waals surface area contributed by atoms with E-state index in [1.807, 2.05) is 4.90 Å². The Labute approximate surface area is 138 Å². The number of nitrogens with zero attached hydrogens (tertiary/aromatic N) is 1. The molecule has 4 fully saturated rings. The predicted molar refractivity (Wildman–Crippen MR) is 85.6 cm³/mol. The molecule has 2 aliphatic carbocycles. The van der Waals surface area contributed by atoms with E-state index in [2.05, 4.69) is 12.2 Å². The molecule has 0 bridgehead atoms. The summed E-state index contributed by atoms with van der Waals surface area (Å²) >= 11 is 0. The summed E-state index contributed by atoms with van der Waals surface area (Å²) in [5.41, 5.74) is -0.116. The summed E-state index contributed by atoms with van der Waals surface area (Å²) in [5, 5.41) is 3.06. The number of carbonyl (C=O) groups excluding carboxylic acids is 2. The maximum absolute atomic E-state index is 12.3. The second-order valence-electron chi connectivity index (χ2n) is 8.20. The van der Waals surface area contributed by atoms with Crippen LogP contribution in [0.2, 0.25) is 0 Å². The minimum atomic E-state index is -0.116. The molecule has 0 radical (unpaired) electrons. The summed E-state index contributed by atoms with van der Waals surface area (Å²) in [6, 6.07) is 0. The van der Waals surface area contributed by atoms with Crippen molar-refractivity contribution < 1.29 is 14.3 Å². The van der Waals surface area contributed by atoms with E-state index in [1.54, 1.807) is 0 Å². The predicted octanol–water partition coefficient (Wildman–Crippen LogP) is 1.57. The zero-order valence-corrected chi connectivity index (χ0v) is 14.1. The summed E-state index contributed by atoms with van der Waals surface area (Å²) in [4.78, 5) is 26.0. The number of carbonyl (C=O) groups is 2. The van der Waals surface area contributed by atoms with E-state index in [4.69, 9.17) is 4.74 Å². The number of nitrogens with one attached hydrogen (secondary N) is 1. The minimum Gasteiger partial charge on any atom is -0.371 e. The van der Waals surface area contributed by atoms with Crippen LogP contribution in [0.25, 0.3) is 0 Å². The molecule has 3 atom stereocenters. The van der Waals surface area contributed by atoms with Crippen LogP contribution in [0.4, 0.5) is 0 Å². The number of likely N-dealkylation sites (tertiary alicyclic amines) is 1. The van der Waals surface area contributed by atoms with Crippen molar-refractivity contribution >= 4 is 11.8 Å². The number of amides is 2. The molecule has 4 rings (SSSR count). The monoisotopic (exact) mass is 320 g/mol. The van der Waals surface area contributed by atoms with Gasteiger partial charge >= 0.3 is 0 Å². The fourth-order valence-corrected chi connectivity index (χ4v) is 4.24. The highest BCUT2D eigenvalue weighted by Crippen LogP contribution is 2.45. The summed E-state index contributed by atoms with van der Waals surface area (Å²) in [6.07, 6.45) is 6.22. The van der Waals surface area contributed by atoms with Gasteiger partial charge in [0.05, 0.1) is 13.1 Å². The van der Waals surface area contributed by atoms with Gasteiger partial charge in [0.15, 0.2) is 0 Å². The first-order valence-electron chi connectivity index (χ1n) is 9.27. The van der Waals surface area contributed by atoms with E-state index in [0.29, 0.717) is 30.1 Å². The van der Waals surface area contributed by atoms with Crippen LogP contribution in [0.1, 0.15) is 45.4 Å². The van der Waals surface area contributed by atoms with Crippen LogP contribution in [0.15, 0.2) is 0 Å². The Morgan fingerprint density at radius 2 is 2.00 bits per heavy atom. The van der Waals surface area contributed by atoms with Gasteiger partial charge in [-0.3, -0.25) is 9.59 Å². The highest BCUT2D eigenvalue weighted by atomic mass is 16.5. The molecule has 2 aliphatic heterocycles. The quantitative estimate of drug-likeness (QED) is 0.808. The third-order valence-corrected chi connectivity index (χ3v) is 6.24. The van der Waals surface area contributed by atoms with Gasteiger partial charge in [0.2, 0.25) is 11.8 Å². The molecule has 128 valence electrons. The van der Waals surface area contributed by atoms with Crippen molar-refractivity contribution in [3.63, 3.8) is 0 Å². The zero-order chi connectivity index (χ0) is 16.0. The fourth-order valence-electron chi connectivity index (χ4n) is 4.24. The Kier molecular flexibility index (Phi) is 3.87. The van der Waals surface area contributed by atoms with Crippen LogP contribution in [0, 0.1) is 23.7 Å². The van der Waals surface area contributed by atoms with Gasteiger partial charge in [-0.1, -0.05) is 6.92 Å². The normalized spacial score (nSPS) is 34.3. The smallest absolute Gasteiger partial charge is 0.226 e. The van der Waals surface area contributed by atoms with E-state index in [9.17, 15) is 9.59 Å². The first kappa shape index (κ1) is 15.4. The molecular formula is C18H28N2O3. The SMILES string of the molecule is C[C@@H]1C[C@H]1C(=O)N1CC2(C1)OCC[C@@H]2CCNC(=O)CC1CC1. The van der Waals surface area contributed by atoms with Crippen molar-refractivity contribution in [3.8, 4) is 0 Å². The molecule has 4 aliphatic rings. The van der Waals surface area contributed by atoms with E-state index >= 15 is 0 Å². The number of hydrogen-bond acceptors (Lipinski definition) is 3. The average Bonchev–Trinajstić information content (AvgIpc) is 3.37. The van der Waals surface area contributed by atoms with Gasteiger partial charge in [-0.25, -0.2) is 0 Å². The van der Waals surface area contributed by atoms with Crippen LogP contribution in [-0.2, 0) is 14.3 Å². The highest BCUT2D eigenvalue weighted by Gasteiger charge is 2.56. The molecule has 5 heteroatoms. The third kappa shape index (κ3) is 3.12. The third-order valence-electron chi connectivity index (χ3n) is 6.24.